The first-order valence-corrected chi connectivity index (χ1v) is 36.4. The third-order valence-electron chi connectivity index (χ3n) is 16.2. The van der Waals surface area contributed by atoms with Gasteiger partial charge in [-0.25, -0.2) is 15.2 Å². The van der Waals surface area contributed by atoms with Crippen LogP contribution in [0.4, 0.5) is 4.79 Å². The smallest absolute Gasteiger partial charge is 0.426 e. The van der Waals surface area contributed by atoms with Gasteiger partial charge in [0.15, 0.2) is 12.4 Å². The molecule has 25 nitrogen and oxygen atoms in total. The summed E-state index contributed by atoms with van der Waals surface area (Å²) >= 11 is 1.09. The van der Waals surface area contributed by atoms with Crippen molar-refractivity contribution in [3.05, 3.63) is 45.9 Å². The predicted octanol–water partition coefficient (Wildman–Crippen LogP) is 8.24. The molecule has 3 rings (SSSR count). The average molecular weight is 1370 g/mol. The van der Waals surface area contributed by atoms with E-state index in [0.29, 0.717) is 38.0 Å². The fourth-order valence-electron chi connectivity index (χ4n) is 10.5. The molecule has 6 amide bonds. The highest BCUT2D eigenvalue weighted by Crippen LogP contribution is 2.32. The van der Waals surface area contributed by atoms with Crippen LogP contribution >= 0.6 is 32.9 Å². The maximum absolute atomic E-state index is 14.7. The Morgan fingerprint density at radius 2 is 1.52 bits per heavy atom. The standard InChI is InChI=1S/C65H108N8O17S3/c1-10-45(5)59(69-62(82)53-24-19-21-32-72(53)8)64(83)73(42-86-43-75)54(44(3)4)38-55(89-47(7)76)63-68-52(41-91-63)61(81)67-49(37-48-27-29-50(77)30-28-48)36-46(6)60(80)70-71-65(84)87-33-35-93-92-34-22-18-16-14-12-13-15-17-20-31-66-56(78)25-23-26-57(79)88-40-58(85-9)90-51(11-2)39-74/h27-30,41,44-46,49,51,53-55,58-59,74-75,77H,10-26,31-40,42-43H2,1-9H3,(H,66,78)(H,67,81)(H,69,82)(H,70,80)(H,71,84)/t45-,46+,49-,51?,53-,54-,55-,58?,59+/m1/s1. The molecular formula is C65H108N8O17S3. The average Bonchev–Trinajstić information content (AvgIpc) is 1.83. The number of aromatic nitrogens is 1. The number of likely N-dealkylation sites (tertiary alicyclic amines) is 1. The number of thiazole rings is 1. The molecule has 1 aromatic heterocycles. The highest BCUT2D eigenvalue weighted by Gasteiger charge is 2.39. The Hall–Kier alpha value is -5.33. The van der Waals surface area contributed by atoms with Gasteiger partial charge in [-0.2, -0.15) is 0 Å². The summed E-state index contributed by atoms with van der Waals surface area (Å²) in [6.45, 7) is 12.7. The van der Waals surface area contributed by atoms with Crippen molar-refractivity contribution in [1.82, 2.24) is 41.6 Å². The van der Waals surface area contributed by atoms with Crippen LogP contribution in [0.15, 0.2) is 29.6 Å². The lowest BCUT2D eigenvalue weighted by Crippen LogP contribution is -2.59. The second-order valence-corrected chi connectivity index (χ2v) is 27.6. The molecule has 1 aliphatic rings. The van der Waals surface area contributed by atoms with E-state index in [0.717, 1.165) is 87.0 Å². The largest absolute Gasteiger partial charge is 0.508 e. The number of methoxy groups -OCH3 is 1. The number of benzene rings is 1. The van der Waals surface area contributed by atoms with Crippen LogP contribution in [0.3, 0.4) is 0 Å². The minimum Gasteiger partial charge on any atom is -0.508 e. The van der Waals surface area contributed by atoms with Crippen LogP contribution in [0.25, 0.3) is 0 Å². The van der Waals surface area contributed by atoms with E-state index in [4.69, 9.17) is 28.4 Å². The number of aliphatic hydroxyl groups excluding tert-OH is 2. The van der Waals surface area contributed by atoms with Crippen molar-refractivity contribution in [3.63, 3.8) is 0 Å². The Labute approximate surface area is 562 Å². The van der Waals surface area contributed by atoms with Crippen LogP contribution < -0.4 is 26.8 Å². The number of amides is 6. The fraction of sp³-hybridized carbons (Fsp3) is 0.738. The molecule has 2 aromatic rings. The first kappa shape index (κ1) is 81.9. The lowest BCUT2D eigenvalue weighted by Gasteiger charge is -2.39. The lowest BCUT2D eigenvalue weighted by atomic mass is 9.92. The molecular weight excluding hydrogens is 1260 g/mol. The molecule has 1 aliphatic heterocycles. The Morgan fingerprint density at radius 3 is 2.15 bits per heavy atom. The zero-order valence-corrected chi connectivity index (χ0v) is 58.7. The van der Waals surface area contributed by atoms with Gasteiger partial charge < -0.3 is 64.6 Å². The van der Waals surface area contributed by atoms with Gasteiger partial charge in [0.1, 0.15) is 49.2 Å². The van der Waals surface area contributed by atoms with Gasteiger partial charge in [-0.1, -0.05) is 133 Å². The maximum Gasteiger partial charge on any atom is 0.426 e. The zero-order valence-electron chi connectivity index (χ0n) is 56.3. The Kier molecular flexibility index (Phi) is 41.9. The summed E-state index contributed by atoms with van der Waals surface area (Å²) in [6.07, 6.45) is 11.8. The molecule has 0 saturated carbocycles. The summed E-state index contributed by atoms with van der Waals surface area (Å²) < 4.78 is 32.5. The molecule has 2 unspecified atom stereocenters. The van der Waals surface area contributed by atoms with E-state index >= 15 is 0 Å². The number of rotatable bonds is 48. The summed E-state index contributed by atoms with van der Waals surface area (Å²) in [4.78, 5) is 114. The number of phenols is 1. The van der Waals surface area contributed by atoms with Crippen LogP contribution in [-0.2, 0) is 63.6 Å². The SMILES string of the molecule is CCC(CO)OC(COC(=O)CCCC(=O)NCCCCCCCCCCCSSCCOC(=O)NNC(=O)[C@@H](C)C[C@H](Cc1ccc(O)cc1)NC(=O)c1csc([C@@H](C[C@H](C(C)C)N(COCO)C(=O)[C@@H](NC(=O)[C@H]2CCCCN2C)[C@H](C)CC)OC(C)=O)n1)OC. The van der Waals surface area contributed by atoms with Gasteiger partial charge in [-0.3, -0.25) is 43.9 Å². The van der Waals surface area contributed by atoms with E-state index in [1.165, 1.54) is 49.3 Å². The van der Waals surface area contributed by atoms with Crippen molar-refractivity contribution in [2.24, 2.45) is 17.8 Å². The van der Waals surface area contributed by atoms with Gasteiger partial charge in [-0.15, -0.1) is 11.3 Å². The van der Waals surface area contributed by atoms with E-state index in [-0.39, 0.29) is 105 Å². The van der Waals surface area contributed by atoms with Gasteiger partial charge >= 0.3 is 18.0 Å². The second kappa shape index (κ2) is 47.5. The number of aromatic hydroxyl groups is 1. The van der Waals surface area contributed by atoms with Crippen LogP contribution in [0.2, 0.25) is 0 Å². The zero-order chi connectivity index (χ0) is 68.5. The van der Waals surface area contributed by atoms with Crippen LogP contribution in [0.1, 0.15) is 198 Å². The monoisotopic (exact) mass is 1370 g/mol. The van der Waals surface area contributed by atoms with Crippen LogP contribution in [-0.4, -0.2) is 186 Å². The number of hydrogen-bond donors (Lipinski definition) is 8. The Balaban J connectivity index is 1.41. The third kappa shape index (κ3) is 33.3. The predicted molar refractivity (Wildman–Crippen MR) is 358 cm³/mol. The number of carbonyl (C=O) groups is 8. The van der Waals surface area contributed by atoms with E-state index in [2.05, 4.69) is 31.8 Å². The van der Waals surface area contributed by atoms with Gasteiger partial charge in [0.25, 0.3) is 5.91 Å². The first-order valence-electron chi connectivity index (χ1n) is 33.0. The summed E-state index contributed by atoms with van der Waals surface area (Å²) in [5.41, 5.74) is 5.50. The highest BCUT2D eigenvalue weighted by molar-refractivity contribution is 8.76. The Morgan fingerprint density at radius 1 is 0.828 bits per heavy atom. The molecule has 2 heterocycles. The number of esters is 2. The van der Waals surface area contributed by atoms with Crippen molar-refractivity contribution in [1.29, 1.82) is 0 Å². The topological polar surface area (TPSA) is 332 Å². The van der Waals surface area contributed by atoms with Crippen LogP contribution in [0, 0.1) is 17.8 Å². The second-order valence-electron chi connectivity index (χ2n) is 24.0. The maximum atomic E-state index is 14.7. The van der Waals surface area contributed by atoms with Crippen molar-refractivity contribution in [2.75, 3.05) is 72.1 Å². The summed E-state index contributed by atoms with van der Waals surface area (Å²) in [5, 5.41) is 39.8. The van der Waals surface area contributed by atoms with Crippen LogP contribution in [0.5, 0.6) is 5.75 Å². The molecule has 9 atom stereocenters. The van der Waals surface area contributed by atoms with E-state index in [1.54, 1.807) is 40.6 Å². The van der Waals surface area contributed by atoms with Crippen molar-refractivity contribution < 1.29 is 82.1 Å². The molecule has 8 N–H and O–H groups in total. The first-order chi connectivity index (χ1) is 44.6. The quantitative estimate of drug-likeness (QED) is 0.00772. The molecule has 0 spiro atoms. The van der Waals surface area contributed by atoms with E-state index in [1.807, 2.05) is 46.6 Å². The third-order valence-corrected chi connectivity index (χ3v) is 19.6. The number of piperidine rings is 1. The Bertz CT molecular complexity index is 2500. The molecule has 93 heavy (non-hydrogen) atoms. The molecule has 1 fully saturated rings. The summed E-state index contributed by atoms with van der Waals surface area (Å²) in [7, 11) is 6.66. The van der Waals surface area contributed by atoms with Crippen molar-refractivity contribution in [2.45, 2.75) is 220 Å². The number of carbonyl (C=O) groups excluding carboxylic acids is 8. The number of nitrogens with zero attached hydrogens (tertiary/aromatic N) is 3. The van der Waals surface area contributed by atoms with Crippen molar-refractivity contribution >= 4 is 80.5 Å². The number of likely N-dealkylation sites (N-methyl/N-ethyl adjacent to an activating group) is 1. The molecule has 0 aliphatic carbocycles. The normalized spacial score (nSPS) is 15.9. The number of phenolic OH excluding ortho intramolecular Hbond substituents is 1. The highest BCUT2D eigenvalue weighted by atomic mass is 33.1. The number of nitrogens with one attached hydrogen (secondary N) is 5. The summed E-state index contributed by atoms with van der Waals surface area (Å²) in [6, 6.07) is 3.82. The number of hydrazine groups is 1. The number of ether oxygens (including phenoxy) is 6. The minimum absolute atomic E-state index is 0.0137. The van der Waals surface area contributed by atoms with Gasteiger partial charge in [-0.05, 0) is 94.5 Å². The van der Waals surface area contributed by atoms with Crippen molar-refractivity contribution in [3.8, 4) is 5.75 Å². The number of unbranched alkanes of at least 4 members (excludes halogenated alkanes) is 8. The van der Waals surface area contributed by atoms with Gasteiger partial charge in [0, 0.05) is 74.7 Å². The lowest BCUT2D eigenvalue weighted by molar-refractivity contribution is -0.194. The van der Waals surface area contributed by atoms with Gasteiger partial charge in [0.2, 0.25) is 23.6 Å². The van der Waals surface area contributed by atoms with Gasteiger partial charge in [0.05, 0.1) is 18.8 Å². The van der Waals surface area contributed by atoms with E-state index in [9.17, 15) is 53.7 Å². The van der Waals surface area contributed by atoms with E-state index < -0.39 is 85.1 Å². The molecule has 1 aromatic carbocycles. The molecule has 0 radical (unpaired) electrons. The molecule has 528 valence electrons. The number of aliphatic hydroxyl groups is 2. The molecule has 0 bridgehead atoms. The number of hydrogen-bond acceptors (Lipinski definition) is 22. The fourth-order valence-corrected chi connectivity index (χ4v) is 13.3. The minimum atomic E-state index is -1.03. The molecule has 28 heteroatoms. The molecule has 1 saturated heterocycles. The summed E-state index contributed by atoms with van der Waals surface area (Å²) in [5.74, 6) is -2.57.